The first-order valence-corrected chi connectivity index (χ1v) is 14.3. The number of rotatable bonds is 6. The van der Waals surface area contributed by atoms with Gasteiger partial charge in [0.25, 0.3) is 0 Å². The minimum absolute atomic E-state index is 0.0877. The molecule has 1 N–H and O–H groups in total. The first kappa shape index (κ1) is 28.6. The van der Waals surface area contributed by atoms with Gasteiger partial charge in [-0.2, -0.15) is 26.3 Å². The van der Waals surface area contributed by atoms with E-state index in [-0.39, 0.29) is 22.9 Å². The van der Waals surface area contributed by atoms with E-state index >= 15 is 0 Å². The van der Waals surface area contributed by atoms with Crippen LogP contribution in [-0.2, 0) is 32.5 Å². The highest BCUT2D eigenvalue weighted by Gasteiger charge is 2.58. The number of benzene rings is 3. The molecule has 0 aliphatic carbocycles. The van der Waals surface area contributed by atoms with Crippen molar-refractivity contribution in [2.75, 3.05) is 0 Å². The summed E-state index contributed by atoms with van der Waals surface area (Å²) >= 11 is 0. The molecule has 0 aromatic heterocycles. The molecule has 3 aromatic rings. The van der Waals surface area contributed by atoms with Crippen molar-refractivity contribution >= 4 is 9.84 Å². The predicted molar refractivity (Wildman–Crippen MR) is 136 cm³/mol. The zero-order valence-corrected chi connectivity index (χ0v) is 22.2. The number of ether oxygens (including phenoxy) is 1. The van der Waals surface area contributed by atoms with E-state index in [1.54, 1.807) is 36.4 Å². The number of alkyl halides is 6. The number of fused-ring (bicyclic) bond motifs is 2. The first-order valence-electron chi connectivity index (χ1n) is 12.8. The third kappa shape index (κ3) is 5.26. The molecule has 0 amide bonds. The average molecular weight is 584 g/mol. The Morgan fingerprint density at radius 1 is 0.850 bits per heavy atom. The number of hydrogen-bond acceptors (Lipinski definition) is 4. The van der Waals surface area contributed by atoms with Gasteiger partial charge >= 0.3 is 12.4 Å². The second-order valence-electron chi connectivity index (χ2n) is 10.4. The average Bonchev–Trinajstić information content (AvgIpc) is 3.25. The second-order valence-corrected chi connectivity index (χ2v) is 12.5. The van der Waals surface area contributed by atoms with E-state index in [9.17, 15) is 34.8 Å². The van der Waals surface area contributed by atoms with Crippen LogP contribution in [0.4, 0.5) is 26.3 Å². The standard InChI is InChI=1S/C29H27F6NO3S/c1-18(19-14-21(28(30,31)32)16-22(15-19)29(33,34)35)39-26-13-12-24-25(40(37,38)23-10-6-3-7-11-23)17-27(26,36-24)20-8-4-2-5-9-20/h2-11,14-16,18,24-26,36H,12-13,17H2,1H3/t18-,24-,25+,26+,27+/m0/s1. The molecular formula is C29H27F6NO3S. The first-order chi connectivity index (χ1) is 18.7. The molecule has 214 valence electrons. The molecular weight excluding hydrogens is 556 g/mol. The summed E-state index contributed by atoms with van der Waals surface area (Å²) in [6.45, 7) is 1.41. The van der Waals surface area contributed by atoms with E-state index in [0.29, 0.717) is 25.0 Å². The Balaban J connectivity index is 1.52. The number of nitrogens with one attached hydrogen (secondary N) is 1. The Morgan fingerprint density at radius 3 is 1.95 bits per heavy atom. The van der Waals surface area contributed by atoms with Crippen LogP contribution < -0.4 is 5.32 Å². The zero-order chi connectivity index (χ0) is 28.9. The fraction of sp³-hybridized carbons (Fsp3) is 0.379. The molecule has 0 unspecified atom stereocenters. The van der Waals surface area contributed by atoms with Crippen LogP contribution in [0.15, 0.2) is 83.8 Å². The molecule has 2 aliphatic rings. The molecule has 0 saturated carbocycles. The number of hydrogen-bond donors (Lipinski definition) is 1. The Labute approximate surface area is 228 Å². The van der Waals surface area contributed by atoms with Gasteiger partial charge in [-0.05, 0) is 67.6 Å². The van der Waals surface area contributed by atoms with Crippen LogP contribution in [0, 0.1) is 0 Å². The van der Waals surface area contributed by atoms with Gasteiger partial charge in [0.05, 0.1) is 39.0 Å². The van der Waals surface area contributed by atoms with Crippen molar-refractivity contribution in [2.45, 2.75) is 72.5 Å². The summed E-state index contributed by atoms with van der Waals surface area (Å²) in [4.78, 5) is 0.187. The third-order valence-corrected chi connectivity index (χ3v) is 10.1. The summed E-state index contributed by atoms with van der Waals surface area (Å²) in [5.41, 5.74) is -3.37. The van der Waals surface area contributed by atoms with E-state index in [4.69, 9.17) is 4.74 Å². The van der Waals surface area contributed by atoms with E-state index in [1.165, 1.54) is 19.1 Å². The molecule has 2 fully saturated rings. The van der Waals surface area contributed by atoms with E-state index in [2.05, 4.69) is 5.32 Å². The lowest BCUT2D eigenvalue weighted by Gasteiger charge is -2.43. The molecule has 2 saturated heterocycles. The largest absolute Gasteiger partial charge is 0.416 e. The van der Waals surface area contributed by atoms with Crippen molar-refractivity contribution in [3.8, 4) is 0 Å². The smallest absolute Gasteiger partial charge is 0.368 e. The van der Waals surface area contributed by atoms with Gasteiger partial charge in [0.1, 0.15) is 0 Å². The van der Waals surface area contributed by atoms with Gasteiger partial charge in [-0.15, -0.1) is 0 Å². The summed E-state index contributed by atoms with van der Waals surface area (Å²) in [7, 11) is -3.76. The van der Waals surface area contributed by atoms with Gasteiger partial charge in [-0.25, -0.2) is 8.42 Å². The Hall–Kier alpha value is -2.89. The molecule has 2 bridgehead atoms. The van der Waals surface area contributed by atoms with E-state index in [1.807, 2.05) is 12.1 Å². The summed E-state index contributed by atoms with van der Waals surface area (Å²) in [5, 5.41) is 2.66. The third-order valence-electron chi connectivity index (χ3n) is 7.91. The van der Waals surface area contributed by atoms with E-state index < -0.39 is 62.4 Å². The second kappa shape index (κ2) is 10.2. The van der Waals surface area contributed by atoms with Crippen LogP contribution in [0.1, 0.15) is 54.5 Å². The topological polar surface area (TPSA) is 55.4 Å². The summed E-state index contributed by atoms with van der Waals surface area (Å²) in [5.74, 6) is 0. The maximum atomic E-state index is 13.7. The van der Waals surface area contributed by atoms with Crippen molar-refractivity contribution in [3.63, 3.8) is 0 Å². The molecule has 3 aromatic carbocycles. The predicted octanol–water partition coefficient (Wildman–Crippen LogP) is 7.06. The maximum Gasteiger partial charge on any atom is 0.416 e. The number of piperidine rings is 1. The molecule has 4 nitrogen and oxygen atoms in total. The fourth-order valence-electron chi connectivity index (χ4n) is 5.96. The molecule has 40 heavy (non-hydrogen) atoms. The van der Waals surface area contributed by atoms with Crippen molar-refractivity contribution in [1.29, 1.82) is 0 Å². The number of sulfone groups is 1. The summed E-state index contributed by atoms with van der Waals surface area (Å²) in [6, 6.07) is 18.1. The van der Waals surface area contributed by atoms with Gasteiger partial charge in [-0.1, -0.05) is 48.5 Å². The minimum Gasteiger partial charge on any atom is -0.368 e. The molecule has 0 spiro atoms. The van der Waals surface area contributed by atoms with Crippen LogP contribution >= 0.6 is 0 Å². The maximum absolute atomic E-state index is 13.7. The minimum atomic E-state index is -4.98. The zero-order valence-electron chi connectivity index (χ0n) is 21.3. The lowest BCUT2D eigenvalue weighted by molar-refractivity contribution is -0.143. The Kier molecular flexibility index (Phi) is 7.29. The van der Waals surface area contributed by atoms with Crippen LogP contribution in [0.2, 0.25) is 0 Å². The van der Waals surface area contributed by atoms with Gasteiger partial charge < -0.3 is 10.1 Å². The quantitative estimate of drug-likeness (QED) is 0.316. The van der Waals surface area contributed by atoms with Gasteiger partial charge in [0.2, 0.25) is 0 Å². The fourth-order valence-corrected chi connectivity index (χ4v) is 7.96. The summed E-state index contributed by atoms with van der Waals surface area (Å²) < 4.78 is 115. The SMILES string of the molecule is C[C@H](O[C@@H]1CC[C@@H]2N[C@@]1(c1ccccc1)C[C@H]2S(=O)(=O)c1ccccc1)c1cc(C(F)(F)F)cc(C(F)(F)F)c1. The van der Waals surface area contributed by atoms with Gasteiger partial charge in [0.15, 0.2) is 9.84 Å². The highest BCUT2D eigenvalue weighted by atomic mass is 32.2. The molecule has 11 heteroatoms. The summed E-state index contributed by atoms with van der Waals surface area (Å²) in [6.07, 6.45) is -10.9. The van der Waals surface area contributed by atoms with Crippen LogP contribution in [0.5, 0.6) is 0 Å². The highest BCUT2D eigenvalue weighted by Crippen LogP contribution is 2.49. The van der Waals surface area contributed by atoms with Crippen molar-refractivity contribution in [2.24, 2.45) is 0 Å². The van der Waals surface area contributed by atoms with E-state index in [0.717, 1.165) is 5.56 Å². The lowest BCUT2D eigenvalue weighted by atomic mass is 9.80. The highest BCUT2D eigenvalue weighted by molar-refractivity contribution is 7.92. The van der Waals surface area contributed by atoms with Crippen LogP contribution in [0.25, 0.3) is 0 Å². The van der Waals surface area contributed by atoms with Crippen molar-refractivity contribution < 1.29 is 39.5 Å². The molecule has 2 heterocycles. The van der Waals surface area contributed by atoms with Crippen molar-refractivity contribution in [3.05, 3.63) is 101 Å². The normalized spacial score (nSPS) is 26.0. The van der Waals surface area contributed by atoms with Crippen LogP contribution in [0.3, 0.4) is 0 Å². The lowest BCUT2D eigenvalue weighted by Crippen LogP contribution is -2.55. The van der Waals surface area contributed by atoms with Gasteiger partial charge in [-0.3, -0.25) is 0 Å². The molecule has 5 rings (SSSR count). The Bertz CT molecular complexity index is 1430. The Morgan fingerprint density at radius 2 is 1.40 bits per heavy atom. The monoisotopic (exact) mass is 583 g/mol. The number of halogens is 6. The van der Waals surface area contributed by atoms with Crippen molar-refractivity contribution in [1.82, 2.24) is 5.32 Å². The molecule has 0 radical (unpaired) electrons. The molecule has 2 aliphatic heterocycles. The van der Waals surface area contributed by atoms with Crippen LogP contribution in [-0.4, -0.2) is 25.8 Å². The van der Waals surface area contributed by atoms with Gasteiger partial charge in [0, 0.05) is 6.04 Å². The molecule has 5 atom stereocenters.